The molecule has 0 bridgehead atoms. The van der Waals surface area contributed by atoms with Crippen LogP contribution in [0.4, 0.5) is 0 Å². The van der Waals surface area contributed by atoms with Gasteiger partial charge in [0, 0.05) is 12.3 Å². The van der Waals surface area contributed by atoms with E-state index in [1.165, 1.54) is 13.8 Å². The van der Waals surface area contributed by atoms with Crippen molar-refractivity contribution in [2.24, 2.45) is 41.2 Å². The van der Waals surface area contributed by atoms with Crippen molar-refractivity contribution >= 4 is 70.9 Å². The van der Waals surface area contributed by atoms with Gasteiger partial charge in [0.15, 0.2) is 0 Å². The monoisotopic (exact) mass is 1250 g/mol. The standard InChI is InChI=1S/C63H104N12O14/c1-12-34(6)47(70-54(79)41(16-5)31-40-25-19-17-20-26-40)58(83)68-44(32-76)56(81)67-43(29-23-24-30-46(64)65)55(80)71-49(36(8)14-3)60(85)72-48(35(7)13-2)59(84)69-45(33-77)57(82)74-51-39(11)89-63(88)50(37(9)15-4)73-62(87)52(42-27-21-18-22-28-42)75-53(78)38(10)66-61(51)86/h17,19-20,25-26,34-39,41-45,47-52,76-77H,12-16,18,21-24,27-33H2,1-11H3,(H3,64,65)(H,66,86)(H,67,81)(H,68,83)(H,69,84)(H,70,79)(H,71,80)(H,72,85)(H,73,87)(H,74,82)(H,75,78)/t34-,35-,36+,37-,38-,39-,41+,43+,44-,45-,47-,48-,49+,50-,51+,52-/m0/s1. The number of rotatable bonds is 33. The first kappa shape index (κ1) is 76.0. The molecule has 1 aliphatic carbocycles. The Labute approximate surface area is 524 Å². The molecule has 1 saturated carbocycles. The second kappa shape index (κ2) is 38.4. The molecule has 1 aliphatic heterocycles. The largest absolute Gasteiger partial charge is 0.458 e. The lowest BCUT2D eigenvalue weighted by molar-refractivity contribution is -0.157. The van der Waals surface area contributed by atoms with Crippen molar-refractivity contribution in [3.05, 3.63) is 35.9 Å². The SMILES string of the molecule is CC[C@H](Cc1ccccc1)C(=O)N[C@H](C(=O)N[C@@H](CO)C(=O)N[C@H](CCCCC(=N)N)C(=O)N[C@@H](C(=O)N[C@H](C(=O)N[C@@H](CO)C(=O)N[C@H]1C(=O)N[C@@H](C)C(=O)N[C@@H](C2CCCCC2)C(=O)N[C@@H]([C@@H](C)CC)C(=O)O[C@H]1C)[C@@H](C)CC)[C@H](C)CC)[C@@H](C)CC. The van der Waals surface area contributed by atoms with Gasteiger partial charge < -0.3 is 73.9 Å². The van der Waals surface area contributed by atoms with Crippen LogP contribution in [0.3, 0.4) is 0 Å². The summed E-state index contributed by atoms with van der Waals surface area (Å²) in [5, 5.41) is 55.3. The Morgan fingerprint density at radius 1 is 0.596 bits per heavy atom. The van der Waals surface area contributed by atoms with Crippen LogP contribution < -0.4 is 58.9 Å². The van der Waals surface area contributed by atoms with Gasteiger partial charge in [0.2, 0.25) is 59.1 Å². The van der Waals surface area contributed by atoms with Crippen molar-refractivity contribution in [3.63, 3.8) is 0 Å². The molecule has 15 N–H and O–H groups in total. The first-order valence-electron chi connectivity index (χ1n) is 32.0. The molecule has 0 unspecified atom stereocenters. The summed E-state index contributed by atoms with van der Waals surface area (Å²) in [5.41, 5.74) is 6.54. The summed E-state index contributed by atoms with van der Waals surface area (Å²) in [6.45, 7) is 16.6. The number of amides is 10. The smallest absolute Gasteiger partial charge is 0.329 e. The van der Waals surface area contributed by atoms with E-state index in [4.69, 9.17) is 15.9 Å². The molecule has 0 radical (unpaired) electrons. The predicted molar refractivity (Wildman–Crippen MR) is 333 cm³/mol. The number of aliphatic hydroxyl groups is 2. The lowest BCUT2D eigenvalue weighted by Crippen LogP contribution is -2.63. The van der Waals surface area contributed by atoms with E-state index in [0.717, 1.165) is 24.8 Å². The Bertz CT molecular complexity index is 2540. The highest BCUT2D eigenvalue weighted by atomic mass is 16.5. The van der Waals surface area contributed by atoms with E-state index < -0.39 is 168 Å². The minimum absolute atomic E-state index is 0.0463. The Morgan fingerprint density at radius 2 is 1.09 bits per heavy atom. The van der Waals surface area contributed by atoms with Crippen molar-refractivity contribution in [1.29, 1.82) is 5.41 Å². The van der Waals surface area contributed by atoms with Gasteiger partial charge in [-0.05, 0) is 87.5 Å². The summed E-state index contributed by atoms with van der Waals surface area (Å²) in [7, 11) is 0. The fraction of sp³-hybridized carbons (Fsp3) is 0.714. The van der Waals surface area contributed by atoms with E-state index in [9.17, 15) is 63.0 Å². The van der Waals surface area contributed by atoms with Gasteiger partial charge in [-0.3, -0.25) is 53.4 Å². The molecule has 0 spiro atoms. The van der Waals surface area contributed by atoms with Crippen LogP contribution >= 0.6 is 0 Å². The number of carbonyl (C=O) groups excluding carboxylic acids is 11. The zero-order valence-corrected chi connectivity index (χ0v) is 54.1. The highest BCUT2D eigenvalue weighted by Crippen LogP contribution is 2.28. The van der Waals surface area contributed by atoms with E-state index in [2.05, 4.69) is 53.2 Å². The van der Waals surface area contributed by atoms with Gasteiger partial charge in [-0.1, -0.05) is 144 Å². The van der Waals surface area contributed by atoms with Crippen molar-refractivity contribution < 1.29 is 67.7 Å². The van der Waals surface area contributed by atoms with Crippen molar-refractivity contribution in [2.45, 2.75) is 239 Å². The van der Waals surface area contributed by atoms with Crippen LogP contribution in [0.15, 0.2) is 30.3 Å². The second-order valence-corrected chi connectivity index (χ2v) is 24.3. The highest BCUT2D eigenvalue weighted by molar-refractivity contribution is 5.99. The van der Waals surface area contributed by atoms with E-state index in [1.54, 1.807) is 41.5 Å². The number of amidine groups is 1. The fourth-order valence-electron chi connectivity index (χ4n) is 10.7. The van der Waals surface area contributed by atoms with Crippen LogP contribution in [0.25, 0.3) is 0 Å². The fourth-order valence-corrected chi connectivity index (χ4v) is 10.7. The van der Waals surface area contributed by atoms with Gasteiger partial charge in [-0.15, -0.1) is 0 Å². The number of nitrogens with two attached hydrogens (primary N) is 1. The molecular weight excluding hydrogens is 1150 g/mol. The lowest BCUT2D eigenvalue weighted by Gasteiger charge is -2.32. The lowest BCUT2D eigenvalue weighted by atomic mass is 9.83. The Hall–Kier alpha value is -7.22. The number of esters is 1. The van der Waals surface area contributed by atoms with Crippen LogP contribution in [-0.2, 0) is 63.9 Å². The van der Waals surface area contributed by atoms with Crippen molar-refractivity contribution in [3.8, 4) is 0 Å². The minimum atomic E-state index is -1.78. The van der Waals surface area contributed by atoms with Gasteiger partial charge in [-0.25, -0.2) is 4.79 Å². The average molecular weight is 1250 g/mol. The average Bonchev–Trinajstić information content (AvgIpc) is 3.80. The third kappa shape index (κ3) is 23.6. The van der Waals surface area contributed by atoms with Gasteiger partial charge in [0.1, 0.15) is 66.5 Å². The van der Waals surface area contributed by atoms with Crippen LogP contribution in [0.1, 0.15) is 172 Å². The number of benzene rings is 1. The second-order valence-electron chi connectivity index (χ2n) is 24.3. The van der Waals surface area contributed by atoms with E-state index >= 15 is 0 Å². The zero-order chi connectivity index (χ0) is 66.7. The maximum atomic E-state index is 14.5. The number of cyclic esters (lactones) is 1. The van der Waals surface area contributed by atoms with Crippen molar-refractivity contribution in [2.75, 3.05) is 13.2 Å². The summed E-state index contributed by atoms with van der Waals surface area (Å²) in [6, 6.07) is -4.40. The van der Waals surface area contributed by atoms with Gasteiger partial charge in [-0.2, -0.15) is 0 Å². The molecule has 26 heteroatoms. The third-order valence-electron chi connectivity index (χ3n) is 17.6. The van der Waals surface area contributed by atoms with E-state index in [-0.39, 0.29) is 36.9 Å². The van der Waals surface area contributed by atoms with E-state index in [0.29, 0.717) is 57.8 Å². The predicted octanol–water partition coefficient (Wildman–Crippen LogP) is 1.31. The van der Waals surface area contributed by atoms with Gasteiger partial charge >= 0.3 is 5.97 Å². The van der Waals surface area contributed by atoms with Crippen LogP contribution in [0.2, 0.25) is 0 Å². The Morgan fingerprint density at radius 3 is 1.60 bits per heavy atom. The molecule has 1 aromatic rings. The molecule has 26 nitrogen and oxygen atoms in total. The number of aliphatic hydroxyl groups excluding tert-OH is 2. The number of hydrogen-bond acceptors (Lipinski definition) is 15. The van der Waals surface area contributed by atoms with Gasteiger partial charge in [0.25, 0.3) is 0 Å². The van der Waals surface area contributed by atoms with Crippen molar-refractivity contribution in [1.82, 2.24) is 53.2 Å². The first-order valence-corrected chi connectivity index (χ1v) is 32.0. The number of ether oxygens (including phenoxy) is 1. The molecule has 16 atom stereocenters. The first-order chi connectivity index (χ1) is 42.2. The van der Waals surface area contributed by atoms with E-state index in [1.807, 2.05) is 51.1 Å². The maximum Gasteiger partial charge on any atom is 0.329 e. The quantitative estimate of drug-likeness (QED) is 0.0204. The summed E-state index contributed by atoms with van der Waals surface area (Å²) in [4.78, 5) is 155. The molecule has 0 aromatic heterocycles. The third-order valence-corrected chi connectivity index (χ3v) is 17.6. The molecule has 2 aliphatic rings. The Kier molecular flexibility index (Phi) is 32.8. The molecule has 1 aromatic carbocycles. The summed E-state index contributed by atoms with van der Waals surface area (Å²) < 4.78 is 5.79. The minimum Gasteiger partial charge on any atom is -0.458 e. The maximum absolute atomic E-state index is 14.5. The molecule has 2 fully saturated rings. The topological polar surface area (TPSA) is 408 Å². The Balaban J connectivity index is 1.87. The van der Waals surface area contributed by atoms with Crippen LogP contribution in [0.5, 0.6) is 0 Å². The van der Waals surface area contributed by atoms with Crippen LogP contribution in [0, 0.1) is 40.9 Å². The molecular formula is C63H104N12O14. The number of nitrogens with one attached hydrogen (secondary N) is 11. The molecule has 89 heavy (non-hydrogen) atoms. The van der Waals surface area contributed by atoms with Gasteiger partial charge in [0.05, 0.1) is 19.0 Å². The van der Waals surface area contributed by atoms with Crippen LogP contribution in [-0.4, -0.2) is 161 Å². The highest BCUT2D eigenvalue weighted by Gasteiger charge is 2.42. The molecule has 1 heterocycles. The summed E-state index contributed by atoms with van der Waals surface area (Å²) in [6.07, 6.45) is 5.63. The number of hydrogen-bond donors (Lipinski definition) is 14. The molecule has 3 rings (SSSR count). The molecule has 500 valence electrons. The summed E-state index contributed by atoms with van der Waals surface area (Å²) in [5.74, 6) is -11.9. The molecule has 10 amide bonds. The number of carbonyl (C=O) groups is 11. The normalized spacial score (nSPS) is 22.3. The summed E-state index contributed by atoms with van der Waals surface area (Å²) >= 11 is 0. The zero-order valence-electron chi connectivity index (χ0n) is 54.1. The molecule has 1 saturated heterocycles. The number of unbranched alkanes of at least 4 members (excludes halogenated alkanes) is 1.